The van der Waals surface area contributed by atoms with E-state index in [9.17, 15) is 45.1 Å². The highest BCUT2D eigenvalue weighted by Gasteiger charge is 2.74. The number of aromatic nitrogens is 5. The summed E-state index contributed by atoms with van der Waals surface area (Å²) in [5.41, 5.74) is -1.56. The van der Waals surface area contributed by atoms with Gasteiger partial charge in [-0.15, -0.1) is 0 Å². The molecule has 19 heteroatoms. The number of carbonyl (C=O) groups excluding carboxylic acids is 3. The number of hydrogen-bond acceptors (Lipinski definition) is 7. The predicted octanol–water partition coefficient (Wildman–Crippen LogP) is 7.03. The highest BCUT2D eigenvalue weighted by atomic mass is 35.5. The number of rotatable bonds is 11. The fraction of sp³-hybridized carbons (Fsp3) is 0.333. The van der Waals surface area contributed by atoms with E-state index in [4.69, 9.17) is 23.2 Å². The van der Waals surface area contributed by atoms with Crippen LogP contribution in [0.3, 0.4) is 0 Å². The van der Waals surface area contributed by atoms with E-state index in [2.05, 4.69) is 19.9 Å². The summed E-state index contributed by atoms with van der Waals surface area (Å²) in [6.07, 6.45) is -6.44. The Hall–Kier alpha value is -4.51. The average Bonchev–Trinajstić information content (AvgIpc) is 3.61. The quantitative estimate of drug-likeness (QED) is 0.120. The van der Waals surface area contributed by atoms with Crippen LogP contribution < -0.4 is 0 Å². The monoisotopic (exact) mass is 736 g/mol. The maximum Gasteiger partial charge on any atom is 0.460 e. The van der Waals surface area contributed by atoms with Crippen LogP contribution >= 0.6 is 23.2 Å². The Labute approximate surface area is 283 Å². The van der Waals surface area contributed by atoms with E-state index in [1.54, 1.807) is 6.92 Å². The number of carbonyl (C=O) groups is 3. The van der Waals surface area contributed by atoms with Gasteiger partial charge in [-0.1, -0.05) is 23.2 Å². The van der Waals surface area contributed by atoms with E-state index < -0.39 is 60.9 Å². The Morgan fingerprint density at radius 2 is 1.63 bits per heavy atom. The predicted molar refractivity (Wildman–Crippen MR) is 161 cm³/mol. The molecule has 0 saturated heterocycles. The molecule has 0 bridgehead atoms. The molecule has 0 fully saturated rings. The third kappa shape index (κ3) is 7.41. The van der Waals surface area contributed by atoms with Crippen molar-refractivity contribution >= 4 is 40.9 Å². The summed E-state index contributed by atoms with van der Waals surface area (Å²) in [6, 6.07) is 7.36. The number of methoxy groups -OCH3 is 1. The molecule has 0 aliphatic carbocycles. The van der Waals surface area contributed by atoms with Crippen LogP contribution in [0.25, 0.3) is 5.82 Å². The van der Waals surface area contributed by atoms with Crippen molar-refractivity contribution in [1.82, 2.24) is 29.4 Å². The van der Waals surface area contributed by atoms with Crippen molar-refractivity contribution in [2.45, 2.75) is 44.8 Å². The van der Waals surface area contributed by atoms with Gasteiger partial charge in [0.1, 0.15) is 11.4 Å². The number of ether oxygens (including phenoxy) is 1. The number of pyridine rings is 1. The first-order valence-corrected chi connectivity index (χ1v) is 14.7. The molecule has 0 radical (unpaired) electrons. The molecular formula is C30H25Cl2F7N6O4. The molecule has 4 rings (SSSR count). The Morgan fingerprint density at radius 3 is 2.24 bits per heavy atom. The van der Waals surface area contributed by atoms with Crippen molar-refractivity contribution in [2.75, 3.05) is 20.7 Å². The molecule has 3 aromatic heterocycles. The van der Waals surface area contributed by atoms with Gasteiger partial charge in [0.2, 0.25) is 0 Å². The Balaban J connectivity index is 1.75. The first kappa shape index (κ1) is 37.3. The van der Waals surface area contributed by atoms with Crippen molar-refractivity contribution < 1.29 is 49.9 Å². The SMILES string of the molecule is COC(=O)N(C)CC(=O)c1cc(Cl)cc(C)c1CC(=O)c1cc(Cn2nc(C(F)(F)C(F)(F)C(F)(F)F)cc2C)nn1-c1ncccc1Cl. The second kappa shape index (κ2) is 13.8. The standard InChI is InChI=1S/C30H25Cl2F7N6O4/c1-15-8-17(31)10-20(24(47)14-43(3)27(48)49-4)19(15)12-23(46)22-11-18(41-45(22)26-21(32)6-5-7-40-26)13-44-16(2)9-25(42-44)28(33,34)29(35,36)30(37,38)39/h5-11H,12-14H2,1-4H3. The van der Waals surface area contributed by atoms with Gasteiger partial charge in [0.05, 0.1) is 30.9 Å². The topological polar surface area (TPSA) is 112 Å². The van der Waals surface area contributed by atoms with Gasteiger partial charge < -0.3 is 9.64 Å². The second-order valence-electron chi connectivity index (χ2n) is 10.8. The lowest BCUT2D eigenvalue weighted by atomic mass is 9.93. The largest absolute Gasteiger partial charge is 0.460 e. The average molecular weight is 737 g/mol. The van der Waals surface area contributed by atoms with Gasteiger partial charge in [0.15, 0.2) is 17.4 Å². The maximum atomic E-state index is 14.4. The molecular weight excluding hydrogens is 712 g/mol. The van der Waals surface area contributed by atoms with Gasteiger partial charge in [-0.3, -0.25) is 14.3 Å². The highest BCUT2D eigenvalue weighted by Crippen LogP contribution is 2.51. The number of aryl methyl sites for hydroxylation is 2. The first-order chi connectivity index (χ1) is 22.7. The zero-order valence-electron chi connectivity index (χ0n) is 25.9. The fourth-order valence-electron chi connectivity index (χ4n) is 4.75. The number of ketones is 2. The minimum Gasteiger partial charge on any atom is -0.453 e. The molecule has 3 heterocycles. The van der Waals surface area contributed by atoms with Crippen molar-refractivity contribution in [3.8, 4) is 5.82 Å². The van der Waals surface area contributed by atoms with Crippen LogP contribution in [0, 0.1) is 13.8 Å². The number of halogens is 9. The molecule has 4 aromatic rings. The zero-order valence-corrected chi connectivity index (χ0v) is 27.4. The van der Waals surface area contributed by atoms with Crippen molar-refractivity contribution in [2.24, 2.45) is 0 Å². The normalized spacial score (nSPS) is 12.3. The molecule has 0 aliphatic heterocycles. The molecule has 0 aliphatic rings. The van der Waals surface area contributed by atoms with Crippen LogP contribution in [0.1, 0.15) is 49.1 Å². The minimum atomic E-state index is -6.56. The summed E-state index contributed by atoms with van der Waals surface area (Å²) in [6.45, 7) is 1.78. The first-order valence-electron chi connectivity index (χ1n) is 13.9. The van der Waals surface area contributed by atoms with E-state index in [0.717, 1.165) is 23.6 Å². The third-order valence-electron chi connectivity index (χ3n) is 7.29. The van der Waals surface area contributed by atoms with Crippen LogP contribution in [0.4, 0.5) is 35.5 Å². The Bertz CT molecular complexity index is 1930. The lowest BCUT2D eigenvalue weighted by Crippen LogP contribution is -2.50. The van der Waals surface area contributed by atoms with Crippen LogP contribution in [0.15, 0.2) is 42.6 Å². The maximum absolute atomic E-state index is 14.4. The molecule has 0 N–H and O–H groups in total. The zero-order chi connectivity index (χ0) is 36.6. The van der Waals surface area contributed by atoms with Gasteiger partial charge in [-0.05, 0) is 61.4 Å². The Kier molecular flexibility index (Phi) is 10.5. The van der Waals surface area contributed by atoms with E-state index in [0.29, 0.717) is 16.3 Å². The Morgan fingerprint density at radius 1 is 0.959 bits per heavy atom. The molecule has 10 nitrogen and oxygen atoms in total. The van der Waals surface area contributed by atoms with Gasteiger partial charge in [0.25, 0.3) is 0 Å². The van der Waals surface area contributed by atoms with Crippen molar-refractivity contribution in [3.63, 3.8) is 0 Å². The van der Waals surface area contributed by atoms with Gasteiger partial charge in [0, 0.05) is 35.9 Å². The van der Waals surface area contributed by atoms with Crippen LogP contribution in [-0.2, 0) is 23.6 Å². The molecule has 0 saturated carbocycles. The molecule has 262 valence electrons. The molecule has 1 aromatic carbocycles. The van der Waals surface area contributed by atoms with E-state index >= 15 is 0 Å². The molecule has 1 amide bonds. The van der Waals surface area contributed by atoms with Crippen LogP contribution in [0.5, 0.6) is 0 Å². The number of hydrogen-bond donors (Lipinski definition) is 0. The van der Waals surface area contributed by atoms with E-state index in [1.165, 1.54) is 43.6 Å². The molecule has 0 atom stereocenters. The number of amides is 1. The number of alkyl halides is 7. The summed E-state index contributed by atoms with van der Waals surface area (Å²) in [5.74, 6) is -13.4. The molecule has 0 spiro atoms. The minimum absolute atomic E-state index is 0.0298. The summed E-state index contributed by atoms with van der Waals surface area (Å²) in [4.78, 5) is 44.2. The smallest absolute Gasteiger partial charge is 0.453 e. The lowest BCUT2D eigenvalue weighted by Gasteiger charge is -2.26. The third-order valence-corrected chi connectivity index (χ3v) is 7.81. The van der Waals surface area contributed by atoms with E-state index in [-0.39, 0.29) is 44.1 Å². The molecule has 49 heavy (non-hydrogen) atoms. The lowest BCUT2D eigenvalue weighted by molar-refractivity contribution is -0.360. The number of likely N-dealkylation sites (N-methyl/N-ethyl adjacent to an activating group) is 1. The summed E-state index contributed by atoms with van der Waals surface area (Å²) >= 11 is 12.5. The van der Waals surface area contributed by atoms with Gasteiger partial charge >= 0.3 is 24.1 Å². The second-order valence-corrected chi connectivity index (χ2v) is 11.7. The summed E-state index contributed by atoms with van der Waals surface area (Å²) < 4.78 is 101. The number of nitrogens with zero attached hydrogens (tertiary/aromatic N) is 6. The summed E-state index contributed by atoms with van der Waals surface area (Å²) in [5, 5.41) is 7.81. The fourth-order valence-corrected chi connectivity index (χ4v) is 5.22. The summed E-state index contributed by atoms with van der Waals surface area (Å²) in [7, 11) is 2.46. The van der Waals surface area contributed by atoms with E-state index in [1.807, 2.05) is 0 Å². The van der Waals surface area contributed by atoms with Crippen molar-refractivity contribution in [1.29, 1.82) is 0 Å². The van der Waals surface area contributed by atoms with Crippen LogP contribution in [0.2, 0.25) is 10.0 Å². The number of Topliss-reactive ketones (excluding diaryl/α,β-unsaturated/α-hetero) is 2. The highest BCUT2D eigenvalue weighted by molar-refractivity contribution is 6.32. The van der Waals surface area contributed by atoms with Gasteiger partial charge in [-0.25, -0.2) is 14.5 Å². The van der Waals surface area contributed by atoms with Crippen LogP contribution in [-0.4, -0.2) is 79.9 Å². The molecule has 0 unspecified atom stereocenters. The van der Waals surface area contributed by atoms with Gasteiger partial charge in [-0.2, -0.15) is 40.9 Å². The number of benzene rings is 1. The van der Waals surface area contributed by atoms with Crippen molar-refractivity contribution in [3.05, 3.63) is 92.1 Å².